The van der Waals surface area contributed by atoms with Gasteiger partial charge in [-0.1, -0.05) is 6.07 Å². The van der Waals surface area contributed by atoms with E-state index in [0.717, 1.165) is 5.56 Å². The van der Waals surface area contributed by atoms with Crippen molar-refractivity contribution in [3.8, 4) is 0 Å². The molecule has 0 fully saturated rings. The number of pyridine rings is 1. The van der Waals surface area contributed by atoms with E-state index in [1.807, 2.05) is 6.07 Å². The molecule has 0 saturated heterocycles. The van der Waals surface area contributed by atoms with E-state index >= 15 is 0 Å². The van der Waals surface area contributed by atoms with Gasteiger partial charge in [-0.15, -0.1) is 0 Å². The van der Waals surface area contributed by atoms with E-state index < -0.39 is 5.97 Å². The third kappa shape index (κ3) is 3.44. The molecule has 0 aromatic carbocycles. The minimum atomic E-state index is -1.04. The van der Waals surface area contributed by atoms with E-state index in [0.29, 0.717) is 11.5 Å². The number of nitrogens with one attached hydrogen (secondary N) is 1. The molecule has 0 radical (unpaired) electrons. The number of aromatic nitrogens is 1. The number of hydrogen-bond acceptors (Lipinski definition) is 4. The Bertz CT molecular complexity index is 619. The van der Waals surface area contributed by atoms with Gasteiger partial charge in [0, 0.05) is 12.4 Å². The smallest absolute Gasteiger partial charge is 0.339 e. The van der Waals surface area contributed by atoms with Gasteiger partial charge in [-0.05, 0) is 24.6 Å². The Morgan fingerprint density at radius 1 is 1.45 bits per heavy atom. The van der Waals surface area contributed by atoms with Crippen molar-refractivity contribution in [3.05, 3.63) is 53.2 Å². The Kier molecular flexibility index (Phi) is 4.14. The zero-order valence-electron chi connectivity index (χ0n) is 10.9. The van der Waals surface area contributed by atoms with Gasteiger partial charge in [-0.2, -0.15) is 0 Å². The van der Waals surface area contributed by atoms with Crippen molar-refractivity contribution in [3.63, 3.8) is 0 Å². The number of hydrogen-bond donors (Lipinski definition) is 2. The second-order valence-electron chi connectivity index (χ2n) is 4.30. The Labute approximate surface area is 115 Å². The Balaban J connectivity index is 1.90. The first-order valence-electron chi connectivity index (χ1n) is 6.04. The van der Waals surface area contributed by atoms with Gasteiger partial charge < -0.3 is 14.8 Å². The number of amides is 1. The average molecular weight is 274 g/mol. The first-order chi connectivity index (χ1) is 9.56. The van der Waals surface area contributed by atoms with Crippen LogP contribution in [0.15, 0.2) is 35.0 Å². The molecular weight excluding hydrogens is 260 g/mol. The van der Waals surface area contributed by atoms with Crippen LogP contribution < -0.4 is 5.32 Å². The van der Waals surface area contributed by atoms with E-state index in [1.54, 1.807) is 25.4 Å². The first kappa shape index (κ1) is 13.8. The highest BCUT2D eigenvalue weighted by Crippen LogP contribution is 2.14. The normalized spacial score (nSPS) is 10.2. The summed E-state index contributed by atoms with van der Waals surface area (Å²) < 4.78 is 5.27. The van der Waals surface area contributed by atoms with Crippen LogP contribution in [0, 0.1) is 6.92 Å². The lowest BCUT2D eigenvalue weighted by atomic mass is 10.2. The number of rotatable bonds is 5. The third-order valence-corrected chi connectivity index (χ3v) is 2.75. The highest BCUT2D eigenvalue weighted by atomic mass is 16.4. The molecule has 0 bridgehead atoms. The van der Waals surface area contributed by atoms with Crippen LogP contribution in [-0.4, -0.2) is 22.0 Å². The van der Waals surface area contributed by atoms with E-state index in [9.17, 15) is 9.59 Å². The zero-order chi connectivity index (χ0) is 14.5. The quantitative estimate of drug-likeness (QED) is 0.862. The predicted molar refractivity (Wildman–Crippen MR) is 70.2 cm³/mol. The summed E-state index contributed by atoms with van der Waals surface area (Å²) in [5.74, 6) is -0.475. The summed E-state index contributed by atoms with van der Waals surface area (Å²) in [5, 5.41) is 11.6. The number of aromatic carboxylic acids is 1. The van der Waals surface area contributed by atoms with Gasteiger partial charge >= 0.3 is 5.97 Å². The summed E-state index contributed by atoms with van der Waals surface area (Å²) in [6.45, 7) is 1.73. The van der Waals surface area contributed by atoms with Crippen LogP contribution in [0.2, 0.25) is 0 Å². The van der Waals surface area contributed by atoms with E-state index in [4.69, 9.17) is 9.52 Å². The summed E-state index contributed by atoms with van der Waals surface area (Å²) in [6, 6.07) is 4.99. The van der Waals surface area contributed by atoms with Crippen molar-refractivity contribution in [2.75, 3.05) is 0 Å². The molecule has 2 heterocycles. The number of aryl methyl sites for hydroxylation is 1. The first-order valence-corrected chi connectivity index (χ1v) is 6.04. The molecule has 0 aliphatic carbocycles. The van der Waals surface area contributed by atoms with Crippen molar-refractivity contribution in [2.45, 2.75) is 19.9 Å². The molecule has 2 N–H and O–H groups in total. The molecule has 2 aromatic rings. The van der Waals surface area contributed by atoms with Crippen LogP contribution in [0.25, 0.3) is 0 Å². The van der Waals surface area contributed by atoms with E-state index in [-0.39, 0.29) is 24.4 Å². The number of carbonyl (C=O) groups is 2. The summed E-state index contributed by atoms with van der Waals surface area (Å²) in [5.41, 5.74) is 0.924. The van der Waals surface area contributed by atoms with Crippen LogP contribution in [0.1, 0.15) is 27.4 Å². The Morgan fingerprint density at radius 2 is 2.25 bits per heavy atom. The molecule has 2 aromatic heterocycles. The average Bonchev–Trinajstić information content (AvgIpc) is 2.79. The van der Waals surface area contributed by atoms with Gasteiger partial charge in [0.2, 0.25) is 5.91 Å². The SMILES string of the molecule is Cc1oc(CNC(=O)Cc2cccnc2)cc1C(=O)O. The van der Waals surface area contributed by atoms with Crippen molar-refractivity contribution < 1.29 is 19.1 Å². The number of carbonyl (C=O) groups excluding carboxylic acids is 1. The van der Waals surface area contributed by atoms with Gasteiger partial charge in [0.25, 0.3) is 0 Å². The Morgan fingerprint density at radius 3 is 2.85 bits per heavy atom. The molecule has 104 valence electrons. The largest absolute Gasteiger partial charge is 0.478 e. The van der Waals surface area contributed by atoms with Crippen LogP contribution in [-0.2, 0) is 17.8 Å². The highest BCUT2D eigenvalue weighted by molar-refractivity contribution is 5.88. The van der Waals surface area contributed by atoms with Crippen LogP contribution in [0.5, 0.6) is 0 Å². The predicted octanol–water partition coefficient (Wildman–Crippen LogP) is 1.54. The summed E-state index contributed by atoms with van der Waals surface area (Å²) in [6.07, 6.45) is 3.49. The van der Waals surface area contributed by atoms with Gasteiger partial charge in [0.1, 0.15) is 17.1 Å². The molecule has 1 amide bonds. The lowest BCUT2D eigenvalue weighted by molar-refractivity contribution is -0.120. The minimum absolute atomic E-state index is 0.113. The number of carboxylic acids is 1. The lowest BCUT2D eigenvalue weighted by Crippen LogP contribution is -2.24. The van der Waals surface area contributed by atoms with Gasteiger partial charge in [0.05, 0.1) is 13.0 Å². The number of nitrogens with zero attached hydrogens (tertiary/aromatic N) is 1. The fourth-order valence-corrected chi connectivity index (χ4v) is 1.78. The second-order valence-corrected chi connectivity index (χ2v) is 4.30. The van der Waals surface area contributed by atoms with Crippen molar-refractivity contribution >= 4 is 11.9 Å². The maximum atomic E-state index is 11.7. The molecule has 6 heteroatoms. The van der Waals surface area contributed by atoms with Crippen molar-refractivity contribution in [2.24, 2.45) is 0 Å². The lowest BCUT2D eigenvalue weighted by Gasteiger charge is -2.02. The van der Waals surface area contributed by atoms with Gasteiger partial charge in [0.15, 0.2) is 0 Å². The molecule has 0 aliphatic rings. The number of furan rings is 1. The summed E-state index contributed by atoms with van der Waals surface area (Å²) >= 11 is 0. The maximum absolute atomic E-state index is 11.7. The van der Waals surface area contributed by atoms with Crippen LogP contribution >= 0.6 is 0 Å². The topological polar surface area (TPSA) is 92.4 Å². The highest BCUT2D eigenvalue weighted by Gasteiger charge is 2.14. The van der Waals surface area contributed by atoms with Crippen molar-refractivity contribution in [1.82, 2.24) is 10.3 Å². The van der Waals surface area contributed by atoms with Crippen LogP contribution in [0.4, 0.5) is 0 Å². The molecule has 0 saturated carbocycles. The van der Waals surface area contributed by atoms with Gasteiger partial charge in [-0.25, -0.2) is 4.79 Å². The molecule has 2 rings (SSSR count). The molecule has 20 heavy (non-hydrogen) atoms. The molecule has 6 nitrogen and oxygen atoms in total. The van der Waals surface area contributed by atoms with Crippen molar-refractivity contribution in [1.29, 1.82) is 0 Å². The second kappa shape index (κ2) is 6.01. The zero-order valence-corrected chi connectivity index (χ0v) is 10.9. The monoisotopic (exact) mass is 274 g/mol. The molecule has 0 atom stereocenters. The van der Waals surface area contributed by atoms with E-state index in [1.165, 1.54) is 6.07 Å². The summed E-state index contributed by atoms with van der Waals surface area (Å²) in [7, 11) is 0. The molecule has 0 spiro atoms. The van der Waals surface area contributed by atoms with E-state index in [2.05, 4.69) is 10.3 Å². The molecule has 0 aliphatic heterocycles. The standard InChI is InChI=1S/C14H14N2O4/c1-9-12(14(18)19)6-11(20-9)8-16-13(17)5-10-3-2-4-15-7-10/h2-4,6-7H,5,8H2,1H3,(H,16,17)(H,18,19). The summed E-state index contributed by atoms with van der Waals surface area (Å²) in [4.78, 5) is 26.5. The number of carboxylic acid groups (broad SMARTS) is 1. The van der Waals surface area contributed by atoms with Crippen LogP contribution in [0.3, 0.4) is 0 Å². The van der Waals surface area contributed by atoms with Gasteiger partial charge in [-0.3, -0.25) is 9.78 Å². The third-order valence-electron chi connectivity index (χ3n) is 2.75. The molecule has 0 unspecified atom stereocenters. The minimum Gasteiger partial charge on any atom is -0.478 e. The fraction of sp³-hybridized carbons (Fsp3) is 0.214. The maximum Gasteiger partial charge on any atom is 0.339 e. The Hall–Kier alpha value is -2.63. The molecular formula is C14H14N2O4. The fourth-order valence-electron chi connectivity index (χ4n) is 1.78.